The Hall–Kier alpha value is -0.530. The van der Waals surface area contributed by atoms with Crippen LogP contribution in [0.1, 0.15) is 44.9 Å². The number of carboxylic acids is 1. The van der Waals surface area contributed by atoms with Crippen molar-refractivity contribution in [3.63, 3.8) is 0 Å². The van der Waals surface area contributed by atoms with Crippen LogP contribution in [0.15, 0.2) is 0 Å². The minimum atomic E-state index is -0.545. The summed E-state index contributed by atoms with van der Waals surface area (Å²) in [6, 6.07) is 0. The summed E-state index contributed by atoms with van der Waals surface area (Å²) < 4.78 is 0. The fourth-order valence-electron chi connectivity index (χ4n) is 3.25. The van der Waals surface area contributed by atoms with Crippen LogP contribution in [0.4, 0.5) is 0 Å². The number of aliphatic carboxylic acids is 1. The van der Waals surface area contributed by atoms with Gasteiger partial charge in [-0.2, -0.15) is 0 Å². The average molecular weight is 182 g/mol. The molecule has 0 radical (unpaired) electrons. The zero-order valence-corrected chi connectivity index (χ0v) is 8.04. The van der Waals surface area contributed by atoms with Crippen LogP contribution >= 0.6 is 0 Å². The maximum Gasteiger partial charge on any atom is 0.306 e. The van der Waals surface area contributed by atoms with Crippen LogP contribution in [0.3, 0.4) is 0 Å². The van der Waals surface area contributed by atoms with E-state index in [0.717, 1.165) is 18.8 Å². The van der Waals surface area contributed by atoms with E-state index in [0.29, 0.717) is 5.92 Å². The zero-order chi connectivity index (χ0) is 9.26. The van der Waals surface area contributed by atoms with E-state index in [1.165, 1.54) is 32.1 Å². The molecule has 0 heterocycles. The van der Waals surface area contributed by atoms with E-state index in [1.807, 2.05) is 0 Å². The summed E-state index contributed by atoms with van der Waals surface area (Å²) in [6.45, 7) is 0. The van der Waals surface area contributed by atoms with Crippen molar-refractivity contribution in [2.24, 2.45) is 17.8 Å². The second-order valence-corrected chi connectivity index (χ2v) is 4.58. The molecule has 2 rings (SSSR count). The van der Waals surface area contributed by atoms with Gasteiger partial charge in [-0.05, 0) is 24.7 Å². The first-order valence-corrected chi connectivity index (χ1v) is 5.52. The SMILES string of the molecule is O=C(O)C1CCC[C@H]2CCCC[C@@H]12. The van der Waals surface area contributed by atoms with E-state index >= 15 is 0 Å². The summed E-state index contributed by atoms with van der Waals surface area (Å²) in [5.41, 5.74) is 0. The molecule has 74 valence electrons. The smallest absolute Gasteiger partial charge is 0.306 e. The normalized spacial score (nSPS) is 39.5. The Morgan fingerprint density at radius 1 is 1.00 bits per heavy atom. The van der Waals surface area contributed by atoms with Crippen LogP contribution < -0.4 is 0 Å². The predicted octanol–water partition coefficient (Wildman–Crippen LogP) is 2.68. The largest absolute Gasteiger partial charge is 0.481 e. The van der Waals surface area contributed by atoms with Crippen LogP contribution in [0.5, 0.6) is 0 Å². The summed E-state index contributed by atoms with van der Waals surface area (Å²) in [6.07, 6.45) is 8.39. The quantitative estimate of drug-likeness (QED) is 0.677. The molecule has 3 atom stereocenters. The van der Waals surface area contributed by atoms with Crippen LogP contribution in [-0.2, 0) is 4.79 Å². The van der Waals surface area contributed by atoms with E-state index in [1.54, 1.807) is 0 Å². The molecule has 2 aliphatic rings. The van der Waals surface area contributed by atoms with Crippen molar-refractivity contribution in [1.82, 2.24) is 0 Å². The Morgan fingerprint density at radius 2 is 1.69 bits per heavy atom. The molecule has 13 heavy (non-hydrogen) atoms. The van der Waals surface area contributed by atoms with Gasteiger partial charge in [-0.15, -0.1) is 0 Å². The van der Waals surface area contributed by atoms with Gasteiger partial charge in [0.15, 0.2) is 0 Å². The first-order valence-electron chi connectivity index (χ1n) is 5.52. The monoisotopic (exact) mass is 182 g/mol. The Kier molecular flexibility index (Phi) is 2.56. The molecule has 1 N–H and O–H groups in total. The summed E-state index contributed by atoms with van der Waals surface area (Å²) in [4.78, 5) is 11.0. The first-order chi connectivity index (χ1) is 6.29. The number of hydrogen-bond acceptors (Lipinski definition) is 1. The maximum atomic E-state index is 11.0. The fraction of sp³-hybridized carbons (Fsp3) is 0.909. The molecule has 0 bridgehead atoms. The molecule has 2 heteroatoms. The minimum Gasteiger partial charge on any atom is -0.481 e. The van der Waals surface area contributed by atoms with Gasteiger partial charge in [0.1, 0.15) is 0 Å². The second-order valence-electron chi connectivity index (χ2n) is 4.58. The maximum absolute atomic E-state index is 11.0. The third-order valence-corrected chi connectivity index (χ3v) is 3.89. The number of carboxylic acid groups (broad SMARTS) is 1. The lowest BCUT2D eigenvalue weighted by molar-refractivity contribution is -0.146. The molecule has 0 aromatic carbocycles. The fourth-order valence-corrected chi connectivity index (χ4v) is 3.25. The highest BCUT2D eigenvalue weighted by atomic mass is 16.4. The molecule has 0 aromatic rings. The van der Waals surface area contributed by atoms with E-state index in [-0.39, 0.29) is 5.92 Å². The van der Waals surface area contributed by atoms with Crippen molar-refractivity contribution in [2.75, 3.05) is 0 Å². The predicted molar refractivity (Wildman–Crippen MR) is 50.4 cm³/mol. The van der Waals surface area contributed by atoms with Gasteiger partial charge in [0.25, 0.3) is 0 Å². The van der Waals surface area contributed by atoms with Gasteiger partial charge in [-0.3, -0.25) is 4.79 Å². The van der Waals surface area contributed by atoms with Crippen LogP contribution in [0.25, 0.3) is 0 Å². The van der Waals surface area contributed by atoms with E-state index in [2.05, 4.69) is 0 Å². The van der Waals surface area contributed by atoms with Crippen molar-refractivity contribution in [3.8, 4) is 0 Å². The molecule has 2 aliphatic carbocycles. The number of hydrogen-bond donors (Lipinski definition) is 1. The van der Waals surface area contributed by atoms with Crippen molar-refractivity contribution in [1.29, 1.82) is 0 Å². The molecule has 2 nitrogen and oxygen atoms in total. The highest BCUT2D eigenvalue weighted by Crippen LogP contribution is 2.43. The lowest BCUT2D eigenvalue weighted by Gasteiger charge is -2.39. The van der Waals surface area contributed by atoms with E-state index in [9.17, 15) is 4.79 Å². The Labute approximate surface area is 79.3 Å². The highest BCUT2D eigenvalue weighted by molar-refractivity contribution is 5.70. The topological polar surface area (TPSA) is 37.3 Å². The lowest BCUT2D eigenvalue weighted by Crippen LogP contribution is -2.35. The van der Waals surface area contributed by atoms with Gasteiger partial charge in [0.2, 0.25) is 0 Å². The van der Waals surface area contributed by atoms with Crippen molar-refractivity contribution < 1.29 is 9.90 Å². The first kappa shape index (κ1) is 9.04. The number of fused-ring (bicyclic) bond motifs is 1. The highest BCUT2D eigenvalue weighted by Gasteiger charge is 2.38. The summed E-state index contributed by atoms with van der Waals surface area (Å²) in [7, 11) is 0. The van der Waals surface area contributed by atoms with Gasteiger partial charge >= 0.3 is 5.97 Å². The molecule has 1 unspecified atom stereocenters. The van der Waals surface area contributed by atoms with Crippen LogP contribution in [0, 0.1) is 17.8 Å². The van der Waals surface area contributed by atoms with Crippen molar-refractivity contribution in [2.45, 2.75) is 44.9 Å². The molecule has 2 fully saturated rings. The molecule has 0 aliphatic heterocycles. The Morgan fingerprint density at radius 3 is 2.46 bits per heavy atom. The number of rotatable bonds is 1. The van der Waals surface area contributed by atoms with Gasteiger partial charge < -0.3 is 5.11 Å². The molecule has 2 saturated carbocycles. The van der Waals surface area contributed by atoms with E-state index in [4.69, 9.17) is 5.11 Å². The van der Waals surface area contributed by atoms with Gasteiger partial charge in [0.05, 0.1) is 5.92 Å². The van der Waals surface area contributed by atoms with Crippen molar-refractivity contribution in [3.05, 3.63) is 0 Å². The van der Waals surface area contributed by atoms with E-state index < -0.39 is 5.97 Å². The molecule has 0 saturated heterocycles. The Bertz CT molecular complexity index is 198. The minimum absolute atomic E-state index is 0.0148. The average Bonchev–Trinajstić information content (AvgIpc) is 2.17. The summed E-state index contributed by atoms with van der Waals surface area (Å²) in [5.74, 6) is 0.694. The zero-order valence-electron chi connectivity index (χ0n) is 8.04. The van der Waals surface area contributed by atoms with Crippen LogP contribution in [0.2, 0.25) is 0 Å². The van der Waals surface area contributed by atoms with Gasteiger partial charge in [-0.25, -0.2) is 0 Å². The summed E-state index contributed by atoms with van der Waals surface area (Å²) in [5, 5.41) is 9.08. The van der Waals surface area contributed by atoms with Crippen molar-refractivity contribution >= 4 is 5.97 Å². The molecular weight excluding hydrogens is 164 g/mol. The lowest BCUT2D eigenvalue weighted by atomic mass is 9.65. The Balaban J connectivity index is 2.06. The third-order valence-electron chi connectivity index (χ3n) is 3.89. The molecular formula is C11H18O2. The second kappa shape index (κ2) is 3.69. The number of carbonyl (C=O) groups is 1. The molecule has 0 aromatic heterocycles. The molecule has 0 amide bonds. The summed E-state index contributed by atoms with van der Waals surface area (Å²) >= 11 is 0. The molecule has 0 spiro atoms. The van der Waals surface area contributed by atoms with Crippen LogP contribution in [-0.4, -0.2) is 11.1 Å². The third kappa shape index (κ3) is 1.72. The van der Waals surface area contributed by atoms with Gasteiger partial charge in [-0.1, -0.05) is 32.1 Å². The van der Waals surface area contributed by atoms with Gasteiger partial charge in [0, 0.05) is 0 Å². The standard InChI is InChI=1S/C11H18O2/c12-11(13)10-7-3-5-8-4-1-2-6-9(8)10/h8-10H,1-7H2,(H,12,13)/t8-,9-,10?/m1/s1.